The molecule has 1 N–H and O–H groups in total. The Morgan fingerprint density at radius 3 is 2.82 bits per heavy atom. The number of nitrogens with zero attached hydrogens (tertiary/aromatic N) is 1. The number of halogens is 2. The highest BCUT2D eigenvalue weighted by atomic mass is 35.5. The second-order valence-corrected chi connectivity index (χ2v) is 8.94. The number of carbonyl (C=O) groups excluding carboxylic acids is 2. The van der Waals surface area contributed by atoms with Crippen LogP contribution in [0.25, 0.3) is 10.9 Å². The molecule has 1 aromatic heterocycles. The molecule has 0 bridgehead atoms. The highest BCUT2D eigenvalue weighted by molar-refractivity contribution is 6.35. The second kappa shape index (κ2) is 9.96. The lowest BCUT2D eigenvalue weighted by Crippen LogP contribution is -2.39. The van der Waals surface area contributed by atoms with Crippen molar-refractivity contribution in [2.45, 2.75) is 58.5 Å². The predicted octanol–water partition coefficient (Wildman–Crippen LogP) is 4.91. The number of aromatic nitrogens is 1. The summed E-state index contributed by atoms with van der Waals surface area (Å²) in [4.78, 5) is 24.9. The molecular weight excluding hydrogens is 443 g/mol. The Bertz CT molecular complexity index is 1200. The zero-order valence-corrected chi connectivity index (χ0v) is 19.7. The van der Waals surface area contributed by atoms with E-state index in [4.69, 9.17) is 16.3 Å². The summed E-state index contributed by atoms with van der Waals surface area (Å²) in [6.07, 6.45) is 3.07. The summed E-state index contributed by atoms with van der Waals surface area (Å²) < 4.78 is 21.2. The summed E-state index contributed by atoms with van der Waals surface area (Å²) in [5.74, 6) is -0.775. The van der Waals surface area contributed by atoms with Gasteiger partial charge >= 0.3 is 5.97 Å². The van der Waals surface area contributed by atoms with Crippen LogP contribution in [-0.2, 0) is 40.1 Å². The molecule has 5 nitrogen and oxygen atoms in total. The van der Waals surface area contributed by atoms with Gasteiger partial charge in [0, 0.05) is 23.5 Å². The van der Waals surface area contributed by atoms with Gasteiger partial charge in [0.05, 0.1) is 17.1 Å². The molecule has 0 saturated carbocycles. The van der Waals surface area contributed by atoms with Gasteiger partial charge in [0.15, 0.2) is 0 Å². The summed E-state index contributed by atoms with van der Waals surface area (Å²) in [5, 5.41) is 4.11. The maximum absolute atomic E-state index is 14.2. The van der Waals surface area contributed by atoms with Crippen molar-refractivity contribution in [1.82, 2.24) is 9.88 Å². The first-order chi connectivity index (χ1) is 15.9. The average molecular weight is 471 g/mol. The van der Waals surface area contributed by atoms with Crippen LogP contribution in [0.15, 0.2) is 36.4 Å². The minimum atomic E-state index is -0.423. The SMILES string of the molecule is CCOC(=O)Cn1c2c(c3cc(F)cc(Cl)c31)CC(NC(=O)CCc1ccccc1C)CC2. The van der Waals surface area contributed by atoms with E-state index >= 15 is 0 Å². The van der Waals surface area contributed by atoms with E-state index in [2.05, 4.69) is 5.32 Å². The van der Waals surface area contributed by atoms with Gasteiger partial charge in [-0.2, -0.15) is 0 Å². The normalized spacial score (nSPS) is 15.3. The summed E-state index contributed by atoms with van der Waals surface area (Å²) in [5.41, 5.74) is 4.89. The third kappa shape index (κ3) is 5.06. The Balaban J connectivity index is 1.53. The van der Waals surface area contributed by atoms with Crippen LogP contribution in [-0.4, -0.2) is 29.1 Å². The third-order valence-corrected chi connectivity index (χ3v) is 6.61. The van der Waals surface area contributed by atoms with Crippen molar-refractivity contribution in [3.05, 3.63) is 69.6 Å². The van der Waals surface area contributed by atoms with Gasteiger partial charge in [-0.25, -0.2) is 4.39 Å². The minimum absolute atomic E-state index is 0.00572. The Morgan fingerprint density at radius 1 is 1.27 bits per heavy atom. The maximum atomic E-state index is 14.2. The fraction of sp³-hybridized carbons (Fsp3) is 0.385. The fourth-order valence-corrected chi connectivity index (χ4v) is 5.08. The summed E-state index contributed by atoms with van der Waals surface area (Å²) >= 11 is 6.40. The molecule has 7 heteroatoms. The van der Waals surface area contributed by atoms with E-state index in [9.17, 15) is 14.0 Å². The Morgan fingerprint density at radius 2 is 2.06 bits per heavy atom. The molecule has 1 amide bonds. The molecule has 1 aliphatic carbocycles. The fourth-order valence-electron chi connectivity index (χ4n) is 4.77. The van der Waals surface area contributed by atoms with Gasteiger partial charge in [0.25, 0.3) is 0 Å². The lowest BCUT2D eigenvalue weighted by molar-refractivity contribution is -0.143. The van der Waals surface area contributed by atoms with Crippen molar-refractivity contribution in [2.75, 3.05) is 6.61 Å². The Labute approximate surface area is 197 Å². The molecule has 0 fully saturated rings. The molecule has 1 unspecified atom stereocenters. The van der Waals surface area contributed by atoms with Crippen LogP contribution in [0.1, 0.15) is 42.1 Å². The number of hydrogen-bond donors (Lipinski definition) is 1. The van der Waals surface area contributed by atoms with Crippen LogP contribution in [0.5, 0.6) is 0 Å². The number of nitrogens with one attached hydrogen (secondary N) is 1. The van der Waals surface area contributed by atoms with Crippen LogP contribution >= 0.6 is 11.6 Å². The molecular formula is C26H28ClFN2O3. The first-order valence-corrected chi connectivity index (χ1v) is 11.7. The molecule has 0 spiro atoms. The second-order valence-electron chi connectivity index (χ2n) is 8.53. The van der Waals surface area contributed by atoms with Gasteiger partial charge in [-0.15, -0.1) is 0 Å². The van der Waals surface area contributed by atoms with Gasteiger partial charge in [-0.05, 0) is 68.4 Å². The molecule has 1 heterocycles. The zero-order chi connectivity index (χ0) is 23.5. The quantitative estimate of drug-likeness (QED) is 0.499. The number of aryl methyl sites for hydroxylation is 2. The Kier molecular flexibility index (Phi) is 7.03. The van der Waals surface area contributed by atoms with Crippen LogP contribution < -0.4 is 5.32 Å². The standard InChI is InChI=1S/C26H28ClFN2O3/c1-3-33-25(32)15-30-23-10-9-19(14-20(23)21-12-18(28)13-22(27)26(21)30)29-24(31)11-8-17-7-5-4-6-16(17)2/h4-7,12-13,19H,3,8-11,14-15H2,1-2H3,(H,29,31). The summed E-state index contributed by atoms with van der Waals surface area (Å²) in [6, 6.07) is 10.8. The third-order valence-electron chi connectivity index (χ3n) is 6.32. The largest absolute Gasteiger partial charge is 0.465 e. The van der Waals surface area contributed by atoms with E-state index in [-0.39, 0.29) is 29.5 Å². The van der Waals surface area contributed by atoms with E-state index < -0.39 is 5.82 Å². The molecule has 1 atom stereocenters. The highest BCUT2D eigenvalue weighted by Gasteiger charge is 2.28. The maximum Gasteiger partial charge on any atom is 0.325 e. The summed E-state index contributed by atoms with van der Waals surface area (Å²) in [7, 11) is 0. The number of hydrogen-bond acceptors (Lipinski definition) is 3. The molecule has 2 aromatic carbocycles. The number of carbonyl (C=O) groups is 2. The van der Waals surface area contributed by atoms with Gasteiger partial charge in [0.1, 0.15) is 12.4 Å². The van der Waals surface area contributed by atoms with E-state index in [1.165, 1.54) is 23.3 Å². The van der Waals surface area contributed by atoms with Crippen molar-refractivity contribution in [2.24, 2.45) is 0 Å². The molecule has 174 valence electrons. The highest BCUT2D eigenvalue weighted by Crippen LogP contribution is 2.36. The van der Waals surface area contributed by atoms with Crippen molar-refractivity contribution in [3.8, 4) is 0 Å². The minimum Gasteiger partial charge on any atom is -0.465 e. The van der Waals surface area contributed by atoms with Gasteiger partial charge in [-0.3, -0.25) is 9.59 Å². The molecule has 0 radical (unpaired) electrons. The van der Waals surface area contributed by atoms with E-state index in [0.717, 1.165) is 17.7 Å². The van der Waals surface area contributed by atoms with Gasteiger partial charge in [0.2, 0.25) is 5.91 Å². The first kappa shape index (κ1) is 23.3. The van der Waals surface area contributed by atoms with E-state index in [1.807, 2.05) is 35.8 Å². The van der Waals surface area contributed by atoms with E-state index in [0.29, 0.717) is 43.2 Å². The average Bonchev–Trinajstić information content (AvgIpc) is 3.06. The van der Waals surface area contributed by atoms with Crippen molar-refractivity contribution in [3.63, 3.8) is 0 Å². The van der Waals surface area contributed by atoms with E-state index in [1.54, 1.807) is 6.92 Å². The predicted molar refractivity (Wildman–Crippen MR) is 127 cm³/mol. The first-order valence-electron chi connectivity index (χ1n) is 11.4. The molecule has 4 rings (SSSR count). The Hall–Kier alpha value is -2.86. The van der Waals surface area contributed by atoms with Crippen LogP contribution in [0.3, 0.4) is 0 Å². The van der Waals surface area contributed by atoms with Gasteiger partial charge < -0.3 is 14.6 Å². The number of esters is 1. The van der Waals surface area contributed by atoms with Crippen molar-refractivity contribution in [1.29, 1.82) is 0 Å². The molecule has 1 aliphatic rings. The van der Waals surface area contributed by atoms with Crippen LogP contribution in [0.4, 0.5) is 4.39 Å². The number of rotatable bonds is 7. The lowest BCUT2D eigenvalue weighted by atomic mass is 9.91. The number of benzene rings is 2. The number of fused-ring (bicyclic) bond motifs is 3. The monoisotopic (exact) mass is 470 g/mol. The summed E-state index contributed by atoms with van der Waals surface area (Å²) in [6.45, 7) is 4.12. The molecule has 0 saturated heterocycles. The van der Waals surface area contributed by atoms with Crippen LogP contribution in [0.2, 0.25) is 5.02 Å². The smallest absolute Gasteiger partial charge is 0.325 e. The molecule has 3 aromatic rings. The van der Waals surface area contributed by atoms with Crippen molar-refractivity contribution >= 4 is 34.4 Å². The molecule has 33 heavy (non-hydrogen) atoms. The van der Waals surface area contributed by atoms with Crippen molar-refractivity contribution < 1.29 is 18.7 Å². The number of ether oxygens (including phenoxy) is 1. The zero-order valence-electron chi connectivity index (χ0n) is 18.9. The topological polar surface area (TPSA) is 60.3 Å². The lowest BCUT2D eigenvalue weighted by Gasteiger charge is -2.25. The number of amides is 1. The van der Waals surface area contributed by atoms with Crippen LogP contribution in [0, 0.1) is 12.7 Å². The van der Waals surface area contributed by atoms with Gasteiger partial charge in [-0.1, -0.05) is 35.9 Å². The molecule has 0 aliphatic heterocycles.